The highest BCUT2D eigenvalue weighted by Crippen LogP contribution is 2.14. The van der Waals surface area contributed by atoms with Crippen molar-refractivity contribution in [1.82, 2.24) is 4.90 Å². The first kappa shape index (κ1) is 15.3. The van der Waals surface area contributed by atoms with Crippen molar-refractivity contribution in [3.8, 4) is 0 Å². The van der Waals surface area contributed by atoms with Crippen LogP contribution < -0.4 is 4.90 Å². The summed E-state index contributed by atoms with van der Waals surface area (Å²) >= 11 is 12.0. The van der Waals surface area contributed by atoms with Gasteiger partial charge in [0.25, 0.3) is 5.91 Å². The normalized spacial score (nSPS) is 15.8. The Morgan fingerprint density at radius 3 is 2.23 bits per heavy atom. The van der Waals surface area contributed by atoms with Crippen LogP contribution in [-0.2, 0) is 0 Å². The number of nitrogens with one attached hydrogen (secondary N) is 1. The van der Waals surface area contributed by atoms with Crippen LogP contribution in [0.1, 0.15) is 10.4 Å². The Labute approximate surface area is 140 Å². The highest BCUT2D eigenvalue weighted by Gasteiger charge is 2.25. The van der Waals surface area contributed by atoms with Crippen LogP contribution in [0, 0.1) is 0 Å². The molecule has 3 rings (SSSR count). The SMILES string of the molecule is O=C(c1cccc(Cl)c1)N1CC[NH+](c2cccc(Cl)c2)CC1. The zero-order chi connectivity index (χ0) is 15.5. The summed E-state index contributed by atoms with van der Waals surface area (Å²) in [6.07, 6.45) is 0. The van der Waals surface area contributed by atoms with Crippen molar-refractivity contribution in [3.63, 3.8) is 0 Å². The lowest BCUT2D eigenvalue weighted by molar-refractivity contribution is -0.837. The van der Waals surface area contributed by atoms with E-state index in [2.05, 4.69) is 6.07 Å². The number of rotatable bonds is 2. The molecule has 0 saturated carbocycles. The van der Waals surface area contributed by atoms with Gasteiger partial charge in [-0.1, -0.05) is 35.3 Å². The number of quaternary nitrogens is 1. The Bertz CT molecular complexity index is 682. The molecule has 0 bridgehead atoms. The van der Waals surface area contributed by atoms with E-state index >= 15 is 0 Å². The Morgan fingerprint density at radius 2 is 1.59 bits per heavy atom. The summed E-state index contributed by atoms with van der Waals surface area (Å²) in [5.41, 5.74) is 1.83. The molecule has 2 aromatic carbocycles. The number of carbonyl (C=O) groups is 1. The minimum absolute atomic E-state index is 0.0487. The standard InChI is InChI=1S/C17H16Cl2N2O/c18-14-4-1-3-13(11-14)17(22)21-9-7-20(8-10-21)16-6-2-5-15(19)12-16/h1-6,11-12H,7-10H2/p+1. The third-order valence-electron chi connectivity index (χ3n) is 3.96. The average molecular weight is 336 g/mol. The number of hydrogen-bond acceptors (Lipinski definition) is 1. The van der Waals surface area contributed by atoms with E-state index in [1.165, 1.54) is 10.6 Å². The second kappa shape index (κ2) is 6.69. The van der Waals surface area contributed by atoms with Gasteiger partial charge in [-0.2, -0.15) is 0 Å². The number of piperazine rings is 1. The first-order valence-electron chi connectivity index (χ1n) is 7.29. The number of benzene rings is 2. The fourth-order valence-electron chi connectivity index (χ4n) is 2.78. The van der Waals surface area contributed by atoms with Gasteiger partial charge in [-0.05, 0) is 30.3 Å². The van der Waals surface area contributed by atoms with Gasteiger partial charge in [0.05, 0.1) is 26.2 Å². The molecule has 0 aromatic heterocycles. The Hall–Kier alpha value is -1.55. The van der Waals surface area contributed by atoms with E-state index in [4.69, 9.17) is 23.2 Å². The van der Waals surface area contributed by atoms with Crippen LogP contribution in [0.2, 0.25) is 10.0 Å². The summed E-state index contributed by atoms with van der Waals surface area (Å²) in [6.45, 7) is 3.22. The second-order valence-corrected chi connectivity index (χ2v) is 6.29. The lowest BCUT2D eigenvalue weighted by atomic mass is 10.1. The minimum atomic E-state index is 0.0487. The summed E-state index contributed by atoms with van der Waals surface area (Å²) in [5, 5.41) is 1.34. The quantitative estimate of drug-likeness (QED) is 0.896. The molecule has 1 fully saturated rings. The average Bonchev–Trinajstić information content (AvgIpc) is 2.54. The van der Waals surface area contributed by atoms with E-state index in [1.54, 1.807) is 12.1 Å². The lowest BCUT2D eigenvalue weighted by Crippen LogP contribution is -3.10. The summed E-state index contributed by atoms with van der Waals surface area (Å²) < 4.78 is 0. The fourth-order valence-corrected chi connectivity index (χ4v) is 3.16. The van der Waals surface area contributed by atoms with Crippen molar-refractivity contribution in [2.24, 2.45) is 0 Å². The summed E-state index contributed by atoms with van der Waals surface area (Å²) in [6, 6.07) is 15.0. The summed E-state index contributed by atoms with van der Waals surface area (Å²) in [5.74, 6) is 0.0487. The molecule has 22 heavy (non-hydrogen) atoms. The molecule has 5 heteroatoms. The molecule has 0 atom stereocenters. The second-order valence-electron chi connectivity index (χ2n) is 5.42. The van der Waals surface area contributed by atoms with E-state index in [0.29, 0.717) is 10.6 Å². The molecular formula is C17H17Cl2N2O+. The molecule has 1 saturated heterocycles. The van der Waals surface area contributed by atoms with E-state index in [-0.39, 0.29) is 5.91 Å². The first-order chi connectivity index (χ1) is 10.6. The van der Waals surface area contributed by atoms with Crippen molar-refractivity contribution in [2.45, 2.75) is 0 Å². The molecule has 0 radical (unpaired) electrons. The van der Waals surface area contributed by atoms with Crippen LogP contribution in [-0.4, -0.2) is 37.0 Å². The molecule has 1 N–H and O–H groups in total. The molecule has 1 aliphatic heterocycles. The maximum absolute atomic E-state index is 12.5. The van der Waals surface area contributed by atoms with Crippen molar-refractivity contribution in [3.05, 3.63) is 64.1 Å². The van der Waals surface area contributed by atoms with Crippen molar-refractivity contribution in [1.29, 1.82) is 0 Å². The van der Waals surface area contributed by atoms with Crippen LogP contribution in [0.4, 0.5) is 5.69 Å². The monoisotopic (exact) mass is 335 g/mol. The number of carbonyl (C=O) groups excluding carboxylic acids is 1. The molecule has 2 aromatic rings. The van der Waals surface area contributed by atoms with E-state index in [0.717, 1.165) is 31.2 Å². The van der Waals surface area contributed by atoms with Crippen molar-refractivity contribution < 1.29 is 9.69 Å². The maximum Gasteiger partial charge on any atom is 0.254 e. The van der Waals surface area contributed by atoms with E-state index in [9.17, 15) is 4.79 Å². The summed E-state index contributed by atoms with van der Waals surface area (Å²) in [7, 11) is 0. The largest absolute Gasteiger partial charge is 0.327 e. The molecule has 0 aliphatic carbocycles. The van der Waals surface area contributed by atoms with Crippen LogP contribution in [0.5, 0.6) is 0 Å². The molecule has 1 heterocycles. The van der Waals surface area contributed by atoms with Crippen LogP contribution in [0.15, 0.2) is 48.5 Å². The Kier molecular flexibility index (Phi) is 4.67. The highest BCUT2D eigenvalue weighted by atomic mass is 35.5. The zero-order valence-corrected chi connectivity index (χ0v) is 13.6. The molecule has 0 unspecified atom stereocenters. The van der Waals surface area contributed by atoms with Gasteiger partial charge in [0.1, 0.15) is 5.69 Å². The van der Waals surface area contributed by atoms with Crippen LogP contribution in [0.25, 0.3) is 0 Å². The molecule has 3 nitrogen and oxygen atoms in total. The maximum atomic E-state index is 12.5. The van der Waals surface area contributed by atoms with Crippen LogP contribution >= 0.6 is 23.2 Å². The predicted octanol–water partition coefficient (Wildman–Crippen LogP) is 2.67. The lowest BCUT2D eigenvalue weighted by Gasteiger charge is -2.32. The molecule has 0 spiro atoms. The van der Waals surface area contributed by atoms with Gasteiger partial charge in [0.15, 0.2) is 0 Å². The molecular weight excluding hydrogens is 319 g/mol. The first-order valence-corrected chi connectivity index (χ1v) is 8.04. The Morgan fingerprint density at radius 1 is 0.955 bits per heavy atom. The Balaban J connectivity index is 1.65. The van der Waals surface area contributed by atoms with Gasteiger partial charge in [-0.3, -0.25) is 9.69 Å². The summed E-state index contributed by atoms with van der Waals surface area (Å²) in [4.78, 5) is 15.7. The van der Waals surface area contributed by atoms with Gasteiger partial charge in [-0.25, -0.2) is 0 Å². The van der Waals surface area contributed by atoms with Gasteiger partial charge >= 0.3 is 0 Å². The predicted molar refractivity (Wildman–Crippen MR) is 89.2 cm³/mol. The van der Waals surface area contributed by atoms with E-state index in [1.807, 2.05) is 35.2 Å². The molecule has 1 amide bonds. The third-order valence-corrected chi connectivity index (χ3v) is 4.43. The highest BCUT2D eigenvalue weighted by molar-refractivity contribution is 6.31. The van der Waals surface area contributed by atoms with E-state index < -0.39 is 0 Å². The van der Waals surface area contributed by atoms with Gasteiger partial charge in [-0.15, -0.1) is 0 Å². The van der Waals surface area contributed by atoms with Crippen LogP contribution in [0.3, 0.4) is 0 Å². The fraction of sp³-hybridized carbons (Fsp3) is 0.235. The number of halogens is 2. The molecule has 1 aliphatic rings. The van der Waals surface area contributed by atoms with Gasteiger partial charge < -0.3 is 4.90 Å². The topological polar surface area (TPSA) is 24.8 Å². The van der Waals surface area contributed by atoms with Crippen molar-refractivity contribution >= 4 is 34.8 Å². The number of nitrogens with zero attached hydrogens (tertiary/aromatic N) is 1. The smallest absolute Gasteiger partial charge is 0.254 e. The van der Waals surface area contributed by atoms with Gasteiger partial charge in [0, 0.05) is 21.7 Å². The zero-order valence-electron chi connectivity index (χ0n) is 12.1. The van der Waals surface area contributed by atoms with Gasteiger partial charge in [0.2, 0.25) is 0 Å². The number of hydrogen-bond donors (Lipinski definition) is 1. The number of amides is 1. The minimum Gasteiger partial charge on any atom is -0.327 e. The molecule has 114 valence electrons. The third kappa shape index (κ3) is 3.43. The van der Waals surface area contributed by atoms with Crippen molar-refractivity contribution in [2.75, 3.05) is 26.2 Å².